The molecule has 0 aliphatic carbocycles. The topological polar surface area (TPSA) is 69.6 Å². The van der Waals surface area contributed by atoms with Crippen LogP contribution in [0.15, 0.2) is 48.6 Å². The molecule has 0 spiro atoms. The standard InChI is InChI=1S/C54H101NO3/c1-3-5-7-9-11-13-15-17-19-20-21-22-23-24-25-26-27-28-29-30-31-32-33-34-36-37-39-41-43-45-47-49-53(57)52(51-56)55-54(58)50-48-46-44-42-40-38-35-18-16-14-12-10-8-6-4-2/h12,14,18,35,39,41,47,49,52-53,56-57H,3-11,13,15-17,19-34,36-38,40,42-46,48,50-51H2,1-2H3,(H,55,58)/b14-12-,35-18-,41-39+,49-47+. The monoisotopic (exact) mass is 812 g/mol. The van der Waals surface area contributed by atoms with Crippen LogP contribution in [-0.4, -0.2) is 34.9 Å². The van der Waals surface area contributed by atoms with E-state index in [9.17, 15) is 15.0 Å². The molecule has 0 fully saturated rings. The van der Waals surface area contributed by atoms with Crippen molar-refractivity contribution in [2.24, 2.45) is 0 Å². The van der Waals surface area contributed by atoms with Gasteiger partial charge in [-0.25, -0.2) is 0 Å². The van der Waals surface area contributed by atoms with Gasteiger partial charge in [-0.15, -0.1) is 0 Å². The highest BCUT2D eigenvalue weighted by molar-refractivity contribution is 5.76. The average Bonchev–Trinajstić information content (AvgIpc) is 3.23. The zero-order chi connectivity index (χ0) is 42.1. The third kappa shape index (κ3) is 45.4. The molecule has 0 aromatic rings. The van der Waals surface area contributed by atoms with Crippen LogP contribution in [0.3, 0.4) is 0 Å². The summed E-state index contributed by atoms with van der Waals surface area (Å²) in [6.45, 7) is 4.28. The Morgan fingerprint density at radius 2 is 0.724 bits per heavy atom. The Kier molecular flexibility index (Phi) is 48.3. The van der Waals surface area contributed by atoms with E-state index in [-0.39, 0.29) is 12.5 Å². The fraction of sp³-hybridized carbons (Fsp3) is 0.833. The Hall–Kier alpha value is -1.65. The Morgan fingerprint density at radius 3 is 1.14 bits per heavy atom. The van der Waals surface area contributed by atoms with E-state index < -0.39 is 12.1 Å². The summed E-state index contributed by atoms with van der Waals surface area (Å²) in [6, 6.07) is -0.647. The molecule has 0 aromatic heterocycles. The summed E-state index contributed by atoms with van der Waals surface area (Å²) in [5.41, 5.74) is 0. The van der Waals surface area contributed by atoms with E-state index in [0.29, 0.717) is 6.42 Å². The predicted molar refractivity (Wildman–Crippen MR) is 258 cm³/mol. The van der Waals surface area contributed by atoms with Gasteiger partial charge in [-0.1, -0.05) is 249 Å². The minimum absolute atomic E-state index is 0.0870. The molecule has 0 aliphatic heterocycles. The van der Waals surface area contributed by atoms with Gasteiger partial charge in [0.1, 0.15) is 0 Å². The van der Waals surface area contributed by atoms with Crippen molar-refractivity contribution in [2.75, 3.05) is 6.61 Å². The van der Waals surface area contributed by atoms with Crippen LogP contribution in [0, 0.1) is 0 Å². The maximum Gasteiger partial charge on any atom is 0.220 e. The minimum Gasteiger partial charge on any atom is -0.394 e. The molecular formula is C54H101NO3. The quantitative estimate of drug-likeness (QED) is 0.0423. The lowest BCUT2D eigenvalue weighted by molar-refractivity contribution is -0.123. The van der Waals surface area contributed by atoms with Crippen LogP contribution < -0.4 is 5.32 Å². The lowest BCUT2D eigenvalue weighted by Crippen LogP contribution is -2.45. The lowest BCUT2D eigenvalue weighted by atomic mass is 10.0. The van der Waals surface area contributed by atoms with Crippen LogP contribution in [0.5, 0.6) is 0 Å². The lowest BCUT2D eigenvalue weighted by Gasteiger charge is -2.19. The highest BCUT2D eigenvalue weighted by Crippen LogP contribution is 2.16. The number of rotatable bonds is 47. The Labute approximate surface area is 363 Å². The van der Waals surface area contributed by atoms with Crippen molar-refractivity contribution >= 4 is 5.91 Å². The van der Waals surface area contributed by atoms with E-state index >= 15 is 0 Å². The van der Waals surface area contributed by atoms with Crippen LogP contribution in [0.2, 0.25) is 0 Å². The summed E-state index contributed by atoms with van der Waals surface area (Å²) >= 11 is 0. The molecule has 2 atom stereocenters. The van der Waals surface area contributed by atoms with Gasteiger partial charge in [0.05, 0.1) is 18.8 Å². The highest BCUT2D eigenvalue weighted by Gasteiger charge is 2.17. The molecule has 4 heteroatoms. The van der Waals surface area contributed by atoms with Gasteiger partial charge in [0.2, 0.25) is 5.91 Å². The second-order valence-corrected chi connectivity index (χ2v) is 17.6. The molecule has 0 heterocycles. The first-order chi connectivity index (χ1) is 28.7. The van der Waals surface area contributed by atoms with Gasteiger partial charge in [-0.3, -0.25) is 4.79 Å². The fourth-order valence-electron chi connectivity index (χ4n) is 7.81. The number of nitrogens with one attached hydrogen (secondary N) is 1. The first-order valence-corrected chi connectivity index (χ1v) is 25.9. The molecule has 0 saturated heterocycles. The maximum absolute atomic E-state index is 12.4. The summed E-state index contributed by atoms with van der Waals surface area (Å²) in [4.78, 5) is 12.4. The first kappa shape index (κ1) is 56.4. The fourth-order valence-corrected chi connectivity index (χ4v) is 7.81. The molecule has 0 aromatic carbocycles. The molecule has 3 N–H and O–H groups in total. The van der Waals surface area contributed by atoms with E-state index in [1.807, 2.05) is 6.08 Å². The number of aliphatic hydroxyl groups is 2. The summed E-state index contributed by atoms with van der Waals surface area (Å²) in [7, 11) is 0. The Bertz CT molecular complexity index is 923. The first-order valence-electron chi connectivity index (χ1n) is 25.9. The average molecular weight is 812 g/mol. The smallest absolute Gasteiger partial charge is 0.220 e. The maximum atomic E-state index is 12.4. The van der Waals surface area contributed by atoms with Crippen LogP contribution in [0.4, 0.5) is 0 Å². The van der Waals surface area contributed by atoms with Gasteiger partial charge in [-0.2, -0.15) is 0 Å². The molecular weight excluding hydrogens is 711 g/mol. The van der Waals surface area contributed by atoms with Crippen molar-refractivity contribution < 1.29 is 15.0 Å². The molecule has 0 rings (SSSR count). The molecule has 4 nitrogen and oxygen atoms in total. The summed E-state index contributed by atoms with van der Waals surface area (Å²) in [5.74, 6) is -0.0870. The number of aliphatic hydroxyl groups excluding tert-OH is 2. The normalized spacial score (nSPS) is 13.2. The van der Waals surface area contributed by atoms with E-state index in [0.717, 1.165) is 51.4 Å². The van der Waals surface area contributed by atoms with Crippen molar-refractivity contribution in [3.05, 3.63) is 48.6 Å². The minimum atomic E-state index is -0.869. The van der Waals surface area contributed by atoms with Gasteiger partial charge < -0.3 is 15.5 Å². The van der Waals surface area contributed by atoms with Gasteiger partial charge in [-0.05, 0) is 64.2 Å². The summed E-state index contributed by atoms with van der Waals surface area (Å²) < 4.78 is 0. The third-order valence-electron chi connectivity index (χ3n) is 11.8. The van der Waals surface area contributed by atoms with Crippen molar-refractivity contribution in [3.63, 3.8) is 0 Å². The second-order valence-electron chi connectivity index (χ2n) is 17.6. The molecule has 58 heavy (non-hydrogen) atoms. The van der Waals surface area contributed by atoms with Gasteiger partial charge in [0.25, 0.3) is 0 Å². The Morgan fingerprint density at radius 1 is 0.414 bits per heavy atom. The zero-order valence-electron chi connectivity index (χ0n) is 39.1. The number of hydrogen-bond donors (Lipinski definition) is 3. The predicted octanol–water partition coefficient (Wildman–Crippen LogP) is 16.7. The number of amides is 1. The number of hydrogen-bond acceptors (Lipinski definition) is 3. The number of carbonyl (C=O) groups is 1. The van der Waals surface area contributed by atoms with Crippen molar-refractivity contribution in [3.8, 4) is 0 Å². The summed E-state index contributed by atoms with van der Waals surface area (Å²) in [5, 5.41) is 23.0. The van der Waals surface area contributed by atoms with Crippen molar-refractivity contribution in [2.45, 2.75) is 283 Å². The number of unbranched alkanes of at least 4 members (excludes halogenated alkanes) is 34. The molecule has 0 aliphatic rings. The van der Waals surface area contributed by atoms with Crippen LogP contribution >= 0.6 is 0 Å². The second kappa shape index (κ2) is 49.7. The van der Waals surface area contributed by atoms with Gasteiger partial charge in [0, 0.05) is 6.42 Å². The third-order valence-corrected chi connectivity index (χ3v) is 11.8. The molecule has 0 saturated carbocycles. The molecule has 2 unspecified atom stereocenters. The number of carbonyl (C=O) groups excluding carboxylic acids is 1. The molecule has 0 radical (unpaired) electrons. The molecule has 340 valence electrons. The largest absolute Gasteiger partial charge is 0.394 e. The molecule has 1 amide bonds. The SMILES string of the molecule is CCCCC/C=C\C/C=C\CCCCCCCC(=O)NC(CO)C(O)/C=C/CC/C=C/CCCCCCCCCCCCCCCCCCCCCCCCCCC. The summed E-state index contributed by atoms with van der Waals surface area (Å²) in [6.07, 6.45) is 68.4. The van der Waals surface area contributed by atoms with Crippen molar-refractivity contribution in [1.29, 1.82) is 0 Å². The van der Waals surface area contributed by atoms with Crippen LogP contribution in [-0.2, 0) is 4.79 Å². The van der Waals surface area contributed by atoms with E-state index in [2.05, 4.69) is 55.6 Å². The van der Waals surface area contributed by atoms with Gasteiger partial charge in [0.15, 0.2) is 0 Å². The van der Waals surface area contributed by atoms with Gasteiger partial charge >= 0.3 is 0 Å². The van der Waals surface area contributed by atoms with E-state index in [1.54, 1.807) is 6.08 Å². The zero-order valence-corrected chi connectivity index (χ0v) is 39.1. The van der Waals surface area contributed by atoms with Crippen molar-refractivity contribution in [1.82, 2.24) is 5.32 Å². The van der Waals surface area contributed by atoms with E-state index in [1.165, 1.54) is 199 Å². The van der Waals surface area contributed by atoms with E-state index in [4.69, 9.17) is 0 Å². The van der Waals surface area contributed by atoms with Crippen LogP contribution in [0.25, 0.3) is 0 Å². The highest BCUT2D eigenvalue weighted by atomic mass is 16.3. The van der Waals surface area contributed by atoms with Crippen LogP contribution in [0.1, 0.15) is 271 Å². The molecule has 0 bridgehead atoms. The number of allylic oxidation sites excluding steroid dienone is 7. The Balaban J connectivity index is 3.52.